The van der Waals surface area contributed by atoms with Gasteiger partial charge in [-0.05, 0) is 12.1 Å². The van der Waals surface area contributed by atoms with E-state index in [4.69, 9.17) is 22.3 Å². The van der Waals surface area contributed by atoms with Gasteiger partial charge in [-0.1, -0.05) is 23.7 Å². The van der Waals surface area contributed by atoms with Crippen molar-refractivity contribution in [1.29, 1.82) is 0 Å². The number of nitrogens with zero attached hydrogens (tertiary/aromatic N) is 1. The second kappa shape index (κ2) is 3.63. The molecule has 2 aromatic rings. The predicted octanol–water partition coefficient (Wildman–Crippen LogP) is 2.82. The molecule has 0 unspecified atom stereocenters. The molecule has 0 aliphatic carbocycles. The monoisotopic (exact) mass is 261 g/mol. The van der Waals surface area contributed by atoms with Gasteiger partial charge in [0.25, 0.3) is 9.05 Å². The number of halogens is 2. The molecule has 0 aliphatic rings. The molecule has 1 aromatic carbocycles. The molecule has 0 bridgehead atoms. The van der Waals surface area contributed by atoms with Crippen LogP contribution in [0, 0.1) is 0 Å². The molecule has 0 radical (unpaired) electrons. The van der Waals surface area contributed by atoms with Crippen molar-refractivity contribution in [2.24, 2.45) is 0 Å². The first-order valence-corrected chi connectivity index (χ1v) is 6.67. The first-order valence-electron chi connectivity index (χ1n) is 3.98. The van der Waals surface area contributed by atoms with E-state index in [-0.39, 0.29) is 4.90 Å². The molecule has 3 nitrogen and oxygen atoms in total. The minimum Gasteiger partial charge on any atom is -0.255 e. The summed E-state index contributed by atoms with van der Waals surface area (Å²) in [6, 6.07) is 6.25. The molecule has 1 heterocycles. The van der Waals surface area contributed by atoms with Crippen molar-refractivity contribution in [2.75, 3.05) is 0 Å². The third-order valence-corrected chi connectivity index (χ3v) is 3.63. The minimum atomic E-state index is -3.80. The maximum atomic E-state index is 11.2. The van der Waals surface area contributed by atoms with Crippen molar-refractivity contribution >= 4 is 42.2 Å². The average Bonchev–Trinajstić information content (AvgIpc) is 2.16. The van der Waals surface area contributed by atoms with Gasteiger partial charge in [0.15, 0.2) is 0 Å². The van der Waals surface area contributed by atoms with Crippen molar-refractivity contribution in [2.45, 2.75) is 4.90 Å². The summed E-state index contributed by atoms with van der Waals surface area (Å²) in [4.78, 5) is 3.94. The van der Waals surface area contributed by atoms with Gasteiger partial charge in [0.05, 0.1) is 10.5 Å². The fourth-order valence-electron chi connectivity index (χ4n) is 1.31. The van der Waals surface area contributed by atoms with Crippen LogP contribution in [0.2, 0.25) is 5.02 Å². The number of pyridine rings is 1. The lowest BCUT2D eigenvalue weighted by molar-refractivity contribution is 0.610. The SMILES string of the molecule is O=S(=O)(Cl)c1cccc2c(Cl)ccnc12. The Balaban J connectivity index is 2.96. The van der Waals surface area contributed by atoms with E-state index < -0.39 is 9.05 Å². The van der Waals surface area contributed by atoms with Crippen LogP contribution in [0.1, 0.15) is 0 Å². The Hall–Kier alpha value is -0.840. The van der Waals surface area contributed by atoms with Gasteiger partial charge in [-0.15, -0.1) is 0 Å². The third kappa shape index (κ3) is 1.93. The third-order valence-electron chi connectivity index (χ3n) is 1.94. The van der Waals surface area contributed by atoms with Gasteiger partial charge >= 0.3 is 0 Å². The van der Waals surface area contributed by atoms with Gasteiger partial charge in [-0.2, -0.15) is 0 Å². The second-order valence-electron chi connectivity index (χ2n) is 2.88. The van der Waals surface area contributed by atoms with Gasteiger partial charge in [0, 0.05) is 22.3 Å². The van der Waals surface area contributed by atoms with Crippen LogP contribution in [0.3, 0.4) is 0 Å². The number of hydrogen-bond acceptors (Lipinski definition) is 3. The summed E-state index contributed by atoms with van der Waals surface area (Å²) in [5, 5.41) is 1.02. The van der Waals surface area contributed by atoms with Crippen LogP contribution in [0.15, 0.2) is 35.4 Å². The zero-order chi connectivity index (χ0) is 11.1. The van der Waals surface area contributed by atoms with E-state index in [9.17, 15) is 8.42 Å². The number of fused-ring (bicyclic) bond motifs is 1. The van der Waals surface area contributed by atoms with Crippen molar-refractivity contribution in [3.63, 3.8) is 0 Å². The highest BCUT2D eigenvalue weighted by atomic mass is 35.7. The Morgan fingerprint density at radius 2 is 1.93 bits per heavy atom. The molecule has 0 saturated carbocycles. The predicted molar refractivity (Wildman–Crippen MR) is 59.8 cm³/mol. The second-order valence-corrected chi connectivity index (χ2v) is 5.82. The van der Waals surface area contributed by atoms with Crippen LogP contribution in [0.4, 0.5) is 0 Å². The molecule has 78 valence electrons. The van der Waals surface area contributed by atoms with Crippen LogP contribution in [0.5, 0.6) is 0 Å². The molecule has 2 rings (SSSR count). The molecule has 1 aromatic heterocycles. The number of rotatable bonds is 1. The Morgan fingerprint density at radius 1 is 1.20 bits per heavy atom. The van der Waals surface area contributed by atoms with E-state index in [0.29, 0.717) is 15.9 Å². The van der Waals surface area contributed by atoms with Gasteiger partial charge in [-0.3, -0.25) is 4.98 Å². The molecular weight excluding hydrogens is 257 g/mol. The maximum absolute atomic E-state index is 11.2. The lowest BCUT2D eigenvalue weighted by Gasteiger charge is -2.02. The van der Waals surface area contributed by atoms with Gasteiger partial charge in [0.2, 0.25) is 0 Å². The standard InChI is InChI=1S/C9H5Cl2NO2S/c10-7-4-5-12-9-6(7)2-1-3-8(9)15(11,13)14/h1-5H. The van der Waals surface area contributed by atoms with E-state index >= 15 is 0 Å². The number of aromatic nitrogens is 1. The number of para-hydroxylation sites is 1. The van der Waals surface area contributed by atoms with Gasteiger partial charge in [0.1, 0.15) is 4.90 Å². The molecule has 0 amide bonds. The smallest absolute Gasteiger partial charge is 0.255 e. The highest BCUT2D eigenvalue weighted by molar-refractivity contribution is 8.14. The van der Waals surface area contributed by atoms with Crippen LogP contribution in [-0.4, -0.2) is 13.4 Å². The summed E-state index contributed by atoms with van der Waals surface area (Å²) >= 11 is 5.90. The van der Waals surface area contributed by atoms with Crippen LogP contribution >= 0.6 is 22.3 Å². The first-order chi connectivity index (χ1) is 7.00. The molecule has 0 atom stereocenters. The molecule has 0 N–H and O–H groups in total. The lowest BCUT2D eigenvalue weighted by Crippen LogP contribution is -1.93. The quantitative estimate of drug-likeness (QED) is 0.742. The molecule has 6 heteroatoms. The Kier molecular flexibility index (Phi) is 2.58. The van der Waals surface area contributed by atoms with E-state index in [2.05, 4.69) is 4.98 Å². The Morgan fingerprint density at radius 3 is 2.60 bits per heavy atom. The van der Waals surface area contributed by atoms with E-state index in [1.807, 2.05) is 0 Å². The summed E-state index contributed by atoms with van der Waals surface area (Å²) in [5.74, 6) is 0. The highest BCUT2D eigenvalue weighted by Gasteiger charge is 2.15. The van der Waals surface area contributed by atoms with Crippen molar-refractivity contribution in [3.8, 4) is 0 Å². The van der Waals surface area contributed by atoms with E-state index in [1.165, 1.54) is 12.3 Å². The zero-order valence-corrected chi connectivity index (χ0v) is 9.64. The molecule has 0 saturated heterocycles. The van der Waals surface area contributed by atoms with Crippen LogP contribution < -0.4 is 0 Å². The molecule has 0 fully saturated rings. The first kappa shape index (κ1) is 10.7. The van der Waals surface area contributed by atoms with Crippen molar-refractivity contribution in [3.05, 3.63) is 35.5 Å². The van der Waals surface area contributed by atoms with E-state index in [1.54, 1.807) is 18.2 Å². The minimum absolute atomic E-state index is 0.0239. The summed E-state index contributed by atoms with van der Waals surface area (Å²) < 4.78 is 22.5. The zero-order valence-electron chi connectivity index (χ0n) is 7.31. The molecule has 0 spiro atoms. The summed E-state index contributed by atoms with van der Waals surface area (Å²) in [6.07, 6.45) is 1.44. The summed E-state index contributed by atoms with van der Waals surface area (Å²) in [7, 11) is 1.48. The largest absolute Gasteiger partial charge is 0.263 e. The Labute approximate surface area is 96.1 Å². The maximum Gasteiger partial charge on any atom is 0.263 e. The topological polar surface area (TPSA) is 47.0 Å². The summed E-state index contributed by atoms with van der Waals surface area (Å²) in [5.41, 5.74) is 0.292. The Bertz CT molecular complexity index is 625. The van der Waals surface area contributed by atoms with E-state index in [0.717, 1.165) is 0 Å². The average molecular weight is 262 g/mol. The van der Waals surface area contributed by atoms with Crippen LogP contribution in [-0.2, 0) is 9.05 Å². The van der Waals surface area contributed by atoms with Gasteiger partial charge in [-0.25, -0.2) is 8.42 Å². The highest BCUT2D eigenvalue weighted by Crippen LogP contribution is 2.28. The number of benzene rings is 1. The molecular formula is C9H5Cl2NO2S. The van der Waals surface area contributed by atoms with Crippen molar-refractivity contribution in [1.82, 2.24) is 4.98 Å². The van der Waals surface area contributed by atoms with Crippen molar-refractivity contribution < 1.29 is 8.42 Å². The molecule has 15 heavy (non-hydrogen) atoms. The fraction of sp³-hybridized carbons (Fsp3) is 0. The summed E-state index contributed by atoms with van der Waals surface area (Å²) in [6.45, 7) is 0. The number of hydrogen-bond donors (Lipinski definition) is 0. The molecule has 0 aliphatic heterocycles. The van der Waals surface area contributed by atoms with Crippen LogP contribution in [0.25, 0.3) is 10.9 Å². The normalized spacial score (nSPS) is 11.9. The van der Waals surface area contributed by atoms with Gasteiger partial charge < -0.3 is 0 Å². The lowest BCUT2D eigenvalue weighted by atomic mass is 10.2. The fourth-order valence-corrected chi connectivity index (χ4v) is 2.53.